The first-order valence-corrected chi connectivity index (χ1v) is 11.4. The molecule has 180 valence electrons. The summed E-state index contributed by atoms with van der Waals surface area (Å²) in [5.74, 6) is -1.49. The van der Waals surface area contributed by atoms with Crippen LogP contribution in [0.15, 0.2) is 17.1 Å². The zero-order valence-corrected chi connectivity index (χ0v) is 18.2. The number of alkyl halides is 1. The highest BCUT2D eigenvalue weighted by Gasteiger charge is 2.38. The number of carbonyl (C=O) groups is 2. The van der Waals surface area contributed by atoms with Crippen molar-refractivity contribution in [1.82, 2.24) is 14.9 Å². The summed E-state index contributed by atoms with van der Waals surface area (Å²) in [5, 5.41) is 2.74. The third-order valence-corrected chi connectivity index (χ3v) is 5.58. The van der Waals surface area contributed by atoms with Crippen LogP contribution in [0.2, 0.25) is 0 Å². The third-order valence-electron chi connectivity index (χ3n) is 4.28. The van der Waals surface area contributed by atoms with Gasteiger partial charge in [0.15, 0.2) is 12.8 Å². The smallest absolute Gasteiger partial charge is 0.351 e. The van der Waals surface area contributed by atoms with Crippen LogP contribution in [0.1, 0.15) is 19.1 Å². The summed E-state index contributed by atoms with van der Waals surface area (Å²) >= 11 is 0. The van der Waals surface area contributed by atoms with Gasteiger partial charge in [-0.05, 0) is 13.1 Å². The predicted molar refractivity (Wildman–Crippen MR) is 107 cm³/mol. The molecule has 32 heavy (non-hydrogen) atoms. The van der Waals surface area contributed by atoms with Crippen LogP contribution in [0.3, 0.4) is 0 Å². The molecule has 4 atom stereocenters. The molecule has 1 fully saturated rings. The van der Waals surface area contributed by atoms with Crippen molar-refractivity contribution in [2.24, 2.45) is 0 Å². The number of nitrogens with two attached hydrogens (primary N) is 1. The van der Waals surface area contributed by atoms with Gasteiger partial charge in [-0.25, -0.2) is 14.0 Å². The summed E-state index contributed by atoms with van der Waals surface area (Å²) in [6, 6.07) is 1.31. The first kappa shape index (κ1) is 25.9. The largest absolute Gasteiger partial charge is 0.462 e. The normalized spacial score (nSPS) is 22.3. The molecule has 1 aromatic heterocycles. The van der Waals surface area contributed by atoms with Gasteiger partial charge in [-0.3, -0.25) is 13.9 Å². The summed E-state index contributed by atoms with van der Waals surface area (Å²) in [7, 11) is -2.52. The van der Waals surface area contributed by atoms with Crippen LogP contribution in [0.4, 0.5) is 10.2 Å². The number of rotatable bonds is 12. The standard InChI is InChI=1S/C17H26FN4O9P/c1-20-4-2-14(23)29-10-15(24)28-6-7-32(26,27)30-9-11-8-12(18)16(31-11)22-5-3-13(19)21-17(22)25/h3,5,11-12,16,20H,2,4,6-10H2,1H3,(H,26,27)(H2,19,21,25). The second kappa shape index (κ2) is 12.0. The zero-order valence-electron chi connectivity index (χ0n) is 17.3. The van der Waals surface area contributed by atoms with Crippen molar-refractivity contribution in [3.05, 3.63) is 22.7 Å². The topological polar surface area (TPSA) is 181 Å². The second-order valence-electron chi connectivity index (χ2n) is 6.83. The molecule has 0 amide bonds. The Morgan fingerprint density at radius 3 is 2.88 bits per heavy atom. The molecule has 15 heteroatoms. The van der Waals surface area contributed by atoms with E-state index in [0.29, 0.717) is 6.54 Å². The number of nitrogen functional groups attached to an aromatic ring is 1. The fraction of sp³-hybridized carbons (Fsp3) is 0.647. The number of anilines is 1. The van der Waals surface area contributed by atoms with Crippen LogP contribution in [0, 0.1) is 0 Å². The second-order valence-corrected chi connectivity index (χ2v) is 8.81. The van der Waals surface area contributed by atoms with Crippen molar-refractivity contribution in [3.8, 4) is 0 Å². The molecule has 13 nitrogen and oxygen atoms in total. The van der Waals surface area contributed by atoms with Gasteiger partial charge in [0.2, 0.25) is 0 Å². The summed E-state index contributed by atoms with van der Waals surface area (Å²) < 4.78 is 47.0. The maximum atomic E-state index is 14.3. The number of nitrogens with zero attached hydrogens (tertiary/aromatic N) is 2. The highest BCUT2D eigenvalue weighted by Crippen LogP contribution is 2.43. The van der Waals surface area contributed by atoms with Gasteiger partial charge in [0, 0.05) is 19.2 Å². The Balaban J connectivity index is 1.71. The fourth-order valence-electron chi connectivity index (χ4n) is 2.69. The van der Waals surface area contributed by atoms with E-state index in [0.717, 1.165) is 4.57 Å². The SMILES string of the molecule is CNCCC(=O)OCC(=O)OCCP(=O)(O)OCC1CC(F)C(n2ccc(N)nc2=O)O1. The molecule has 0 radical (unpaired) electrons. The van der Waals surface area contributed by atoms with Crippen LogP contribution < -0.4 is 16.7 Å². The molecule has 0 spiro atoms. The van der Waals surface area contributed by atoms with Crippen molar-refractivity contribution >= 4 is 25.4 Å². The lowest BCUT2D eigenvalue weighted by Crippen LogP contribution is -2.30. The first-order valence-electron chi connectivity index (χ1n) is 9.67. The fourth-order valence-corrected chi connectivity index (χ4v) is 3.54. The molecular weight excluding hydrogens is 454 g/mol. The minimum atomic E-state index is -4.17. The Morgan fingerprint density at radius 1 is 1.44 bits per heavy atom. The van der Waals surface area contributed by atoms with E-state index in [2.05, 4.69) is 15.0 Å². The van der Waals surface area contributed by atoms with E-state index in [1.165, 1.54) is 12.3 Å². The Labute approximate surface area is 182 Å². The summed E-state index contributed by atoms with van der Waals surface area (Å²) in [6.45, 7) is -1.10. The van der Waals surface area contributed by atoms with Crippen LogP contribution in [-0.4, -0.2) is 78.2 Å². The number of hydrogen-bond acceptors (Lipinski definition) is 11. The van der Waals surface area contributed by atoms with Gasteiger partial charge < -0.3 is 34.7 Å². The maximum absolute atomic E-state index is 14.3. The minimum absolute atomic E-state index is 0.0200. The van der Waals surface area contributed by atoms with Crippen LogP contribution in [0.25, 0.3) is 0 Å². The molecule has 0 bridgehead atoms. The summed E-state index contributed by atoms with van der Waals surface area (Å²) in [6.07, 6.45) is -3.09. The monoisotopic (exact) mass is 480 g/mol. The van der Waals surface area contributed by atoms with E-state index < -0.39 is 69.7 Å². The van der Waals surface area contributed by atoms with Gasteiger partial charge in [-0.1, -0.05) is 0 Å². The van der Waals surface area contributed by atoms with Crippen molar-refractivity contribution in [2.75, 3.05) is 45.3 Å². The molecule has 2 heterocycles. The summed E-state index contributed by atoms with van der Waals surface area (Å²) in [5.41, 5.74) is 4.61. The molecule has 1 aliphatic heterocycles. The molecule has 0 aliphatic carbocycles. The number of nitrogens with one attached hydrogen (secondary N) is 1. The van der Waals surface area contributed by atoms with Crippen LogP contribution in [-0.2, 0) is 32.9 Å². The van der Waals surface area contributed by atoms with Crippen molar-refractivity contribution < 1.29 is 42.2 Å². The molecule has 4 N–H and O–H groups in total. The van der Waals surface area contributed by atoms with Crippen LogP contribution in [0.5, 0.6) is 0 Å². The Morgan fingerprint density at radius 2 is 2.19 bits per heavy atom. The third kappa shape index (κ3) is 8.28. The van der Waals surface area contributed by atoms with Gasteiger partial charge >= 0.3 is 25.2 Å². The highest BCUT2D eigenvalue weighted by molar-refractivity contribution is 7.52. The van der Waals surface area contributed by atoms with E-state index in [4.69, 9.17) is 19.7 Å². The Bertz CT molecular complexity index is 899. The molecule has 1 saturated heterocycles. The lowest BCUT2D eigenvalue weighted by molar-refractivity contribution is -0.158. The predicted octanol–water partition coefficient (Wildman–Crippen LogP) is -0.651. The average molecular weight is 480 g/mol. The van der Waals surface area contributed by atoms with E-state index in [-0.39, 0.29) is 18.7 Å². The Kier molecular flexibility index (Phi) is 9.72. The highest BCUT2D eigenvalue weighted by atomic mass is 31.2. The molecule has 4 unspecified atom stereocenters. The molecule has 1 aliphatic rings. The number of halogens is 1. The number of aromatic nitrogens is 2. The molecule has 0 saturated carbocycles. The molecule has 1 aromatic rings. The van der Waals surface area contributed by atoms with E-state index in [9.17, 15) is 28.2 Å². The van der Waals surface area contributed by atoms with Gasteiger partial charge in [0.05, 0.1) is 25.3 Å². The van der Waals surface area contributed by atoms with E-state index in [1.54, 1.807) is 7.05 Å². The molecule has 2 rings (SSSR count). The van der Waals surface area contributed by atoms with Gasteiger partial charge in [0.1, 0.15) is 18.6 Å². The number of carbonyl (C=O) groups excluding carboxylic acids is 2. The van der Waals surface area contributed by atoms with Crippen LogP contribution >= 0.6 is 7.60 Å². The number of hydrogen-bond donors (Lipinski definition) is 3. The lowest BCUT2D eigenvalue weighted by Gasteiger charge is -2.18. The number of esters is 2. The molecule has 0 aromatic carbocycles. The maximum Gasteiger partial charge on any atom is 0.351 e. The van der Waals surface area contributed by atoms with E-state index in [1.807, 2.05) is 0 Å². The van der Waals surface area contributed by atoms with Crippen molar-refractivity contribution in [1.29, 1.82) is 0 Å². The quantitative estimate of drug-likeness (QED) is 0.254. The molecular formula is C17H26FN4O9P. The van der Waals surface area contributed by atoms with Gasteiger partial charge in [0.25, 0.3) is 0 Å². The number of ether oxygens (including phenoxy) is 3. The van der Waals surface area contributed by atoms with Crippen molar-refractivity contribution in [2.45, 2.75) is 31.3 Å². The Hall–Kier alpha value is -2.38. The lowest BCUT2D eigenvalue weighted by atomic mass is 10.2. The zero-order chi connectivity index (χ0) is 23.7. The first-order chi connectivity index (χ1) is 15.1. The van der Waals surface area contributed by atoms with E-state index >= 15 is 0 Å². The van der Waals surface area contributed by atoms with Gasteiger partial charge in [-0.2, -0.15) is 4.98 Å². The minimum Gasteiger partial charge on any atom is -0.462 e. The average Bonchev–Trinajstić information content (AvgIpc) is 3.09. The van der Waals surface area contributed by atoms with Gasteiger partial charge in [-0.15, -0.1) is 0 Å². The van der Waals surface area contributed by atoms with Crippen molar-refractivity contribution in [3.63, 3.8) is 0 Å². The summed E-state index contributed by atoms with van der Waals surface area (Å²) in [4.78, 5) is 48.0.